The summed E-state index contributed by atoms with van der Waals surface area (Å²) in [5.74, 6) is -1.03. The minimum Gasteiger partial charge on any atom is -0.365 e. The van der Waals surface area contributed by atoms with Crippen LogP contribution in [0.5, 0.6) is 0 Å². The molecule has 0 unspecified atom stereocenters. The number of aromatic nitrogens is 2. The second-order valence-corrected chi connectivity index (χ2v) is 6.24. The first-order valence-corrected chi connectivity index (χ1v) is 7.95. The lowest BCUT2D eigenvalue weighted by Crippen LogP contribution is -2.18. The van der Waals surface area contributed by atoms with Gasteiger partial charge in [0, 0.05) is 22.8 Å². The summed E-state index contributed by atoms with van der Waals surface area (Å²) in [5.41, 5.74) is 7.66. The molecule has 0 spiro atoms. The van der Waals surface area contributed by atoms with Gasteiger partial charge >= 0.3 is 0 Å². The third-order valence-corrected chi connectivity index (χ3v) is 4.44. The number of anilines is 1. The van der Waals surface area contributed by atoms with Gasteiger partial charge in [0.25, 0.3) is 11.8 Å². The van der Waals surface area contributed by atoms with E-state index in [1.165, 1.54) is 29.9 Å². The molecule has 3 aromatic rings. The first-order chi connectivity index (χ1) is 11.6. The normalized spacial score (nSPS) is 10.4. The number of nitrogens with one attached hydrogen (secondary N) is 1. The van der Waals surface area contributed by atoms with Gasteiger partial charge in [-0.1, -0.05) is 30.3 Å². The third-order valence-electron chi connectivity index (χ3n) is 3.42. The quantitative estimate of drug-likeness (QED) is 0.764. The lowest BCUT2D eigenvalue weighted by atomic mass is 10.0. The molecule has 0 aliphatic carbocycles. The highest BCUT2D eigenvalue weighted by atomic mass is 32.1. The Kier molecular flexibility index (Phi) is 4.35. The molecule has 0 saturated heterocycles. The highest BCUT2D eigenvalue weighted by molar-refractivity contribution is 7.17. The first kappa shape index (κ1) is 15.8. The van der Waals surface area contributed by atoms with E-state index in [0.29, 0.717) is 10.6 Å². The maximum atomic E-state index is 12.3. The zero-order valence-electron chi connectivity index (χ0n) is 12.8. The van der Waals surface area contributed by atoms with E-state index >= 15 is 0 Å². The predicted molar refractivity (Wildman–Crippen MR) is 93.0 cm³/mol. The van der Waals surface area contributed by atoms with E-state index in [0.717, 1.165) is 16.0 Å². The van der Waals surface area contributed by atoms with Crippen molar-refractivity contribution in [2.45, 2.75) is 6.92 Å². The first-order valence-electron chi connectivity index (χ1n) is 7.14. The van der Waals surface area contributed by atoms with Crippen LogP contribution in [0.4, 0.5) is 5.00 Å². The number of benzene rings is 1. The van der Waals surface area contributed by atoms with Gasteiger partial charge in [-0.25, -0.2) is 4.98 Å². The van der Waals surface area contributed by atoms with Gasteiger partial charge < -0.3 is 11.1 Å². The van der Waals surface area contributed by atoms with Crippen LogP contribution in [0, 0.1) is 6.92 Å². The topological polar surface area (TPSA) is 98.0 Å². The maximum absolute atomic E-state index is 12.3. The van der Waals surface area contributed by atoms with Crippen molar-refractivity contribution in [3.63, 3.8) is 0 Å². The highest BCUT2D eigenvalue weighted by Crippen LogP contribution is 2.39. The van der Waals surface area contributed by atoms with Gasteiger partial charge in [0.1, 0.15) is 10.7 Å². The molecule has 2 heterocycles. The second-order valence-electron chi connectivity index (χ2n) is 5.01. The lowest BCUT2D eigenvalue weighted by molar-refractivity contribution is 0.100. The van der Waals surface area contributed by atoms with E-state index in [-0.39, 0.29) is 5.69 Å². The van der Waals surface area contributed by atoms with Gasteiger partial charge in [-0.15, -0.1) is 11.3 Å². The molecule has 2 amide bonds. The number of carbonyl (C=O) groups is 2. The lowest BCUT2D eigenvalue weighted by Gasteiger charge is -2.06. The van der Waals surface area contributed by atoms with Gasteiger partial charge in [0.15, 0.2) is 0 Å². The number of nitrogens with zero attached hydrogens (tertiary/aromatic N) is 2. The molecule has 2 aromatic heterocycles. The van der Waals surface area contributed by atoms with Crippen LogP contribution in [0.15, 0.2) is 48.9 Å². The summed E-state index contributed by atoms with van der Waals surface area (Å²) in [4.78, 5) is 33.0. The number of thiophene rings is 1. The SMILES string of the molecule is Cc1sc(NC(=O)c2cnccn2)c(C(N)=O)c1-c1ccccc1. The van der Waals surface area contributed by atoms with Crippen molar-refractivity contribution in [1.29, 1.82) is 0 Å². The van der Waals surface area contributed by atoms with Crippen LogP contribution in [0.25, 0.3) is 11.1 Å². The fourth-order valence-corrected chi connectivity index (χ4v) is 3.48. The van der Waals surface area contributed by atoms with Gasteiger partial charge in [-0.05, 0) is 12.5 Å². The van der Waals surface area contributed by atoms with E-state index in [2.05, 4.69) is 15.3 Å². The Morgan fingerprint density at radius 3 is 2.54 bits per heavy atom. The average molecular weight is 338 g/mol. The van der Waals surface area contributed by atoms with E-state index in [1.807, 2.05) is 37.3 Å². The summed E-state index contributed by atoms with van der Waals surface area (Å²) >= 11 is 1.31. The summed E-state index contributed by atoms with van der Waals surface area (Å²) in [6.07, 6.45) is 4.27. The average Bonchev–Trinajstić information content (AvgIpc) is 2.92. The number of rotatable bonds is 4. The van der Waals surface area contributed by atoms with E-state index in [1.54, 1.807) is 0 Å². The van der Waals surface area contributed by atoms with E-state index < -0.39 is 11.8 Å². The van der Waals surface area contributed by atoms with Crippen LogP contribution in [0.1, 0.15) is 25.7 Å². The Labute approximate surface area is 142 Å². The van der Waals surface area contributed by atoms with Crippen LogP contribution >= 0.6 is 11.3 Å². The molecule has 0 bridgehead atoms. The molecule has 3 N–H and O–H groups in total. The molecule has 1 aromatic carbocycles. The molecule has 0 aliphatic rings. The van der Waals surface area contributed by atoms with Gasteiger partial charge in [0.2, 0.25) is 0 Å². The molecule has 120 valence electrons. The third kappa shape index (κ3) is 3.02. The zero-order chi connectivity index (χ0) is 17.1. The second kappa shape index (κ2) is 6.59. The zero-order valence-corrected chi connectivity index (χ0v) is 13.6. The number of hydrogen-bond acceptors (Lipinski definition) is 5. The number of amides is 2. The minimum absolute atomic E-state index is 0.167. The monoisotopic (exact) mass is 338 g/mol. The van der Waals surface area contributed by atoms with Crippen molar-refractivity contribution < 1.29 is 9.59 Å². The molecule has 0 fully saturated rings. The van der Waals surface area contributed by atoms with Crippen LogP contribution in [-0.2, 0) is 0 Å². The fourth-order valence-electron chi connectivity index (χ4n) is 2.40. The van der Waals surface area contributed by atoms with Crippen LogP contribution in [0.3, 0.4) is 0 Å². The molecule has 0 aliphatic heterocycles. The Morgan fingerprint density at radius 2 is 1.92 bits per heavy atom. The van der Waals surface area contributed by atoms with Gasteiger partial charge in [-0.2, -0.15) is 0 Å². The van der Waals surface area contributed by atoms with Gasteiger partial charge in [-0.3, -0.25) is 14.6 Å². The summed E-state index contributed by atoms with van der Waals surface area (Å²) in [6.45, 7) is 1.89. The van der Waals surface area contributed by atoms with Gasteiger partial charge in [0.05, 0.1) is 11.8 Å². The summed E-state index contributed by atoms with van der Waals surface area (Å²) in [5, 5.41) is 3.13. The molecule has 6 nitrogen and oxygen atoms in total. The van der Waals surface area contributed by atoms with Crippen LogP contribution in [0.2, 0.25) is 0 Å². The number of hydrogen-bond donors (Lipinski definition) is 2. The molecule has 0 saturated carbocycles. The number of nitrogens with two attached hydrogens (primary N) is 1. The van der Waals surface area contributed by atoms with E-state index in [9.17, 15) is 9.59 Å². The smallest absolute Gasteiger partial charge is 0.276 e. The van der Waals surface area contributed by atoms with Crippen LogP contribution in [-0.4, -0.2) is 21.8 Å². The molecule has 0 radical (unpaired) electrons. The molecule has 24 heavy (non-hydrogen) atoms. The van der Waals surface area contributed by atoms with Crippen molar-refractivity contribution in [2.75, 3.05) is 5.32 Å². The van der Waals surface area contributed by atoms with Crippen molar-refractivity contribution >= 4 is 28.2 Å². The minimum atomic E-state index is -0.590. The van der Waals surface area contributed by atoms with Crippen LogP contribution < -0.4 is 11.1 Å². The largest absolute Gasteiger partial charge is 0.365 e. The highest BCUT2D eigenvalue weighted by Gasteiger charge is 2.23. The van der Waals surface area contributed by atoms with Crippen molar-refractivity contribution in [3.05, 3.63) is 65.1 Å². The Balaban J connectivity index is 2.03. The number of primary amides is 1. The summed E-state index contributed by atoms with van der Waals surface area (Å²) < 4.78 is 0. The predicted octanol–water partition coefficient (Wildman–Crippen LogP) is 2.86. The Bertz CT molecular complexity index is 892. The Morgan fingerprint density at radius 1 is 1.17 bits per heavy atom. The fraction of sp³-hybridized carbons (Fsp3) is 0.0588. The molecule has 3 rings (SSSR count). The van der Waals surface area contributed by atoms with Crippen molar-refractivity contribution in [1.82, 2.24) is 9.97 Å². The van der Waals surface area contributed by atoms with Crippen molar-refractivity contribution in [2.24, 2.45) is 5.73 Å². The molecule has 7 heteroatoms. The Hall–Kier alpha value is -3.06. The number of carbonyl (C=O) groups excluding carboxylic acids is 2. The van der Waals surface area contributed by atoms with E-state index in [4.69, 9.17) is 5.73 Å². The number of aryl methyl sites for hydroxylation is 1. The van der Waals surface area contributed by atoms with Crippen molar-refractivity contribution in [3.8, 4) is 11.1 Å². The summed E-state index contributed by atoms with van der Waals surface area (Å²) in [7, 11) is 0. The standard InChI is InChI=1S/C17H14N4O2S/c1-10-13(11-5-3-2-4-6-11)14(15(18)22)17(24-10)21-16(23)12-9-19-7-8-20-12/h2-9H,1H3,(H2,18,22)(H,21,23). The summed E-state index contributed by atoms with van der Waals surface area (Å²) in [6, 6.07) is 9.46. The molecular weight excluding hydrogens is 324 g/mol. The molecule has 0 atom stereocenters. The molecular formula is C17H14N4O2S. The maximum Gasteiger partial charge on any atom is 0.276 e.